The van der Waals surface area contributed by atoms with Gasteiger partial charge in [0.2, 0.25) is 12.3 Å². The first kappa shape index (κ1) is 15.1. The average Bonchev–Trinajstić information content (AvgIpc) is 2.75. The maximum atomic E-state index is 10.8. The molecule has 2 aromatic rings. The summed E-state index contributed by atoms with van der Waals surface area (Å²) in [6.45, 7) is 5.22. The highest BCUT2D eigenvalue weighted by Crippen LogP contribution is 2.28. The molecule has 0 saturated carbocycles. The fourth-order valence-electron chi connectivity index (χ4n) is 1.84. The van der Waals surface area contributed by atoms with Crippen LogP contribution in [0.3, 0.4) is 0 Å². The highest BCUT2D eigenvalue weighted by atomic mass is 16.5. The van der Waals surface area contributed by atoms with Gasteiger partial charge in [0.05, 0.1) is 16.9 Å². The third-order valence-corrected chi connectivity index (χ3v) is 2.84. The number of aliphatic hydroxyl groups is 1. The Kier molecular flexibility index (Phi) is 4.28. The van der Waals surface area contributed by atoms with Gasteiger partial charge >= 0.3 is 0 Å². The molecule has 0 aliphatic carbocycles. The van der Waals surface area contributed by atoms with Gasteiger partial charge in [0.15, 0.2) is 0 Å². The van der Waals surface area contributed by atoms with Crippen LogP contribution in [0.1, 0.15) is 19.4 Å². The fraction of sp³-hybridized carbons (Fsp3) is 0.333. The summed E-state index contributed by atoms with van der Waals surface area (Å²) < 4.78 is 7.15. The molecule has 6 nitrogen and oxygen atoms in total. The molecule has 6 heteroatoms. The number of rotatable bonds is 6. The first-order valence-electron chi connectivity index (χ1n) is 6.63. The minimum absolute atomic E-state index is 0.111. The second-order valence-corrected chi connectivity index (χ2v) is 5.39. The van der Waals surface area contributed by atoms with E-state index in [9.17, 15) is 9.90 Å². The molecule has 1 amide bonds. The molecule has 0 unspecified atom stereocenters. The molecule has 0 atom stereocenters. The lowest BCUT2D eigenvalue weighted by molar-refractivity contribution is -0.105. The number of ether oxygens (including phenoxy) is 1. The lowest BCUT2D eigenvalue weighted by Crippen LogP contribution is -2.28. The Hall–Kier alpha value is -2.34. The number of benzene rings is 1. The van der Waals surface area contributed by atoms with Crippen molar-refractivity contribution in [1.29, 1.82) is 0 Å². The molecule has 1 aromatic heterocycles. The van der Waals surface area contributed by atoms with Crippen molar-refractivity contribution in [3.8, 4) is 11.6 Å². The Morgan fingerprint density at radius 1 is 1.38 bits per heavy atom. The van der Waals surface area contributed by atoms with Crippen molar-refractivity contribution in [2.75, 3.05) is 11.9 Å². The summed E-state index contributed by atoms with van der Waals surface area (Å²) >= 11 is 0. The number of aromatic nitrogens is 2. The lowest BCUT2D eigenvalue weighted by atomic mass is 10.2. The molecule has 0 bridgehead atoms. The van der Waals surface area contributed by atoms with Gasteiger partial charge in [-0.15, -0.1) is 5.10 Å². The van der Waals surface area contributed by atoms with Crippen LogP contribution in [0, 0.1) is 6.92 Å². The molecule has 112 valence electrons. The molecule has 0 aliphatic heterocycles. The van der Waals surface area contributed by atoms with E-state index in [0.29, 0.717) is 23.7 Å². The predicted molar refractivity (Wildman–Crippen MR) is 79.8 cm³/mol. The number of carbonyl (C=O) groups excluding carboxylic acids is 1. The first-order chi connectivity index (χ1) is 9.92. The summed E-state index contributed by atoms with van der Waals surface area (Å²) in [4.78, 5) is 10.8. The van der Waals surface area contributed by atoms with Gasteiger partial charge in [-0.2, -0.15) is 0 Å². The van der Waals surface area contributed by atoms with E-state index < -0.39 is 5.60 Å². The topological polar surface area (TPSA) is 76.4 Å². The number of nitrogens with zero attached hydrogens (tertiary/aromatic N) is 2. The van der Waals surface area contributed by atoms with E-state index in [4.69, 9.17) is 4.74 Å². The largest absolute Gasteiger partial charge is 0.473 e. The number of nitrogens with one attached hydrogen (secondary N) is 1. The third-order valence-electron chi connectivity index (χ3n) is 2.84. The number of anilines is 1. The quantitative estimate of drug-likeness (QED) is 0.796. The summed E-state index contributed by atoms with van der Waals surface area (Å²) in [5.41, 5.74) is 0.555. The van der Waals surface area contributed by atoms with Crippen molar-refractivity contribution in [1.82, 2.24) is 9.78 Å². The minimum Gasteiger partial charge on any atom is -0.473 e. The van der Waals surface area contributed by atoms with Crippen LogP contribution in [0.15, 0.2) is 30.3 Å². The van der Waals surface area contributed by atoms with Crippen molar-refractivity contribution < 1.29 is 14.6 Å². The van der Waals surface area contributed by atoms with Crippen LogP contribution in [0.2, 0.25) is 0 Å². The molecular formula is C15H19N3O3. The summed E-state index contributed by atoms with van der Waals surface area (Å²) in [6, 6.07) is 9.42. The molecule has 0 radical (unpaired) electrons. The standard InChI is InChI=1S/C15H19N3O3/c1-11-13(16-10-19)18(12-7-5-4-6-8-12)17-14(11)21-9-15(2,3)20/h4-8,10,20H,9H2,1-3H3,(H,16,19). The summed E-state index contributed by atoms with van der Waals surface area (Å²) in [5.74, 6) is 0.923. The fourth-order valence-corrected chi connectivity index (χ4v) is 1.84. The first-order valence-corrected chi connectivity index (χ1v) is 6.63. The molecule has 1 aromatic carbocycles. The highest BCUT2D eigenvalue weighted by molar-refractivity contribution is 5.73. The minimum atomic E-state index is -0.957. The van der Waals surface area contributed by atoms with Gasteiger partial charge < -0.3 is 15.2 Å². The van der Waals surface area contributed by atoms with Crippen molar-refractivity contribution in [3.05, 3.63) is 35.9 Å². The summed E-state index contributed by atoms with van der Waals surface area (Å²) in [5, 5.41) is 16.7. The van der Waals surface area contributed by atoms with Crippen LogP contribution in [0.5, 0.6) is 5.88 Å². The van der Waals surface area contributed by atoms with Crippen molar-refractivity contribution >= 4 is 12.2 Å². The Labute approximate surface area is 123 Å². The zero-order valence-corrected chi connectivity index (χ0v) is 12.3. The van der Waals surface area contributed by atoms with E-state index >= 15 is 0 Å². The Morgan fingerprint density at radius 3 is 2.62 bits per heavy atom. The maximum absolute atomic E-state index is 10.8. The van der Waals surface area contributed by atoms with Crippen molar-refractivity contribution in [3.63, 3.8) is 0 Å². The molecule has 2 rings (SSSR count). The second kappa shape index (κ2) is 5.97. The number of para-hydroxylation sites is 1. The van der Waals surface area contributed by atoms with Crippen LogP contribution in [-0.2, 0) is 4.79 Å². The number of amides is 1. The zero-order chi connectivity index (χ0) is 15.5. The van der Waals surface area contributed by atoms with Crippen LogP contribution in [0.25, 0.3) is 5.69 Å². The second-order valence-electron chi connectivity index (χ2n) is 5.39. The van der Waals surface area contributed by atoms with Crippen molar-refractivity contribution in [2.24, 2.45) is 0 Å². The van der Waals surface area contributed by atoms with Crippen LogP contribution >= 0.6 is 0 Å². The lowest BCUT2D eigenvalue weighted by Gasteiger charge is -2.16. The Morgan fingerprint density at radius 2 is 2.05 bits per heavy atom. The van der Waals surface area contributed by atoms with Crippen LogP contribution < -0.4 is 10.1 Å². The predicted octanol–water partition coefficient (Wildman–Crippen LogP) is 1.90. The van der Waals surface area contributed by atoms with E-state index in [2.05, 4.69) is 10.4 Å². The number of hydrogen-bond acceptors (Lipinski definition) is 4. The van der Waals surface area contributed by atoms with Gasteiger partial charge in [0.25, 0.3) is 0 Å². The van der Waals surface area contributed by atoms with Crippen molar-refractivity contribution in [2.45, 2.75) is 26.4 Å². The van der Waals surface area contributed by atoms with Gasteiger partial charge in [-0.25, -0.2) is 4.68 Å². The molecule has 1 heterocycles. The molecule has 2 N–H and O–H groups in total. The Bertz CT molecular complexity index is 615. The van der Waals surface area contributed by atoms with E-state index in [-0.39, 0.29) is 6.61 Å². The van der Waals surface area contributed by atoms with E-state index in [1.165, 1.54) is 0 Å². The van der Waals surface area contributed by atoms with E-state index in [1.54, 1.807) is 25.5 Å². The monoisotopic (exact) mass is 289 g/mol. The molecule has 0 aliphatic rings. The molecule has 0 fully saturated rings. The van der Waals surface area contributed by atoms with Gasteiger partial charge in [-0.1, -0.05) is 18.2 Å². The summed E-state index contributed by atoms with van der Waals surface area (Å²) in [6.07, 6.45) is 0.600. The zero-order valence-electron chi connectivity index (χ0n) is 12.3. The third kappa shape index (κ3) is 3.61. The van der Waals surface area contributed by atoms with Gasteiger partial charge in [0.1, 0.15) is 12.4 Å². The average molecular weight is 289 g/mol. The molecule has 0 saturated heterocycles. The smallest absolute Gasteiger partial charge is 0.238 e. The maximum Gasteiger partial charge on any atom is 0.238 e. The normalized spacial score (nSPS) is 11.2. The molecular weight excluding hydrogens is 270 g/mol. The number of carbonyl (C=O) groups is 1. The highest BCUT2D eigenvalue weighted by Gasteiger charge is 2.20. The SMILES string of the molecule is Cc1c(OCC(C)(C)O)nn(-c2ccccc2)c1NC=O. The number of hydrogen-bond donors (Lipinski definition) is 2. The van der Waals surface area contributed by atoms with Gasteiger partial charge in [0, 0.05) is 0 Å². The Balaban J connectivity index is 2.38. The van der Waals surface area contributed by atoms with Gasteiger partial charge in [-0.05, 0) is 32.9 Å². The van der Waals surface area contributed by atoms with Crippen LogP contribution in [0.4, 0.5) is 5.82 Å². The van der Waals surface area contributed by atoms with E-state index in [1.807, 2.05) is 30.3 Å². The molecule has 0 spiro atoms. The van der Waals surface area contributed by atoms with Crippen LogP contribution in [-0.4, -0.2) is 33.5 Å². The molecule has 21 heavy (non-hydrogen) atoms. The summed E-state index contributed by atoms with van der Waals surface area (Å²) in [7, 11) is 0. The van der Waals surface area contributed by atoms with E-state index in [0.717, 1.165) is 5.69 Å². The van der Waals surface area contributed by atoms with Gasteiger partial charge in [-0.3, -0.25) is 4.79 Å².